The smallest absolute Gasteiger partial charge is 0.269 e. The molecule has 0 heterocycles. The second kappa shape index (κ2) is 6.04. The van der Waals surface area contributed by atoms with Crippen molar-refractivity contribution in [3.8, 4) is 0 Å². The fraction of sp³-hybridized carbons (Fsp3) is 0.133. The van der Waals surface area contributed by atoms with E-state index in [9.17, 15) is 14.9 Å². The highest BCUT2D eigenvalue weighted by molar-refractivity contribution is 5.99. The Balaban J connectivity index is 2.09. The number of rotatable bonds is 4. The van der Waals surface area contributed by atoms with Crippen LogP contribution in [0.5, 0.6) is 0 Å². The number of nitrogens with one attached hydrogen (secondary N) is 1. The first kappa shape index (κ1) is 14.5. The van der Waals surface area contributed by atoms with Crippen LogP contribution in [0.3, 0.4) is 0 Å². The van der Waals surface area contributed by atoms with E-state index in [1.165, 1.54) is 12.1 Å². The van der Waals surface area contributed by atoms with Gasteiger partial charge in [0.25, 0.3) is 11.6 Å². The molecule has 0 aliphatic rings. The van der Waals surface area contributed by atoms with Crippen molar-refractivity contribution in [3.63, 3.8) is 0 Å². The molecule has 0 bridgehead atoms. The third-order valence-electron chi connectivity index (χ3n) is 3.03. The number of nitrogens with zero attached hydrogens (tertiary/aromatic N) is 1. The van der Waals surface area contributed by atoms with Gasteiger partial charge in [0.2, 0.25) is 0 Å². The Morgan fingerprint density at radius 3 is 2.76 bits per heavy atom. The van der Waals surface area contributed by atoms with Gasteiger partial charge in [-0.1, -0.05) is 23.8 Å². The number of carbonyl (C=O) groups is 1. The van der Waals surface area contributed by atoms with Crippen molar-refractivity contribution in [3.05, 3.63) is 69.3 Å². The van der Waals surface area contributed by atoms with Gasteiger partial charge in [0.15, 0.2) is 0 Å². The van der Waals surface area contributed by atoms with Crippen LogP contribution in [0.25, 0.3) is 0 Å². The zero-order valence-electron chi connectivity index (χ0n) is 11.5. The van der Waals surface area contributed by atoms with Gasteiger partial charge < -0.3 is 11.1 Å². The van der Waals surface area contributed by atoms with Crippen LogP contribution in [0.2, 0.25) is 0 Å². The summed E-state index contributed by atoms with van der Waals surface area (Å²) in [6.07, 6.45) is 0. The number of nitrogens with two attached hydrogens (primary N) is 1. The summed E-state index contributed by atoms with van der Waals surface area (Å²) in [6, 6.07) is 11.3. The first-order valence-corrected chi connectivity index (χ1v) is 6.35. The minimum atomic E-state index is -0.468. The zero-order valence-corrected chi connectivity index (χ0v) is 11.5. The van der Waals surface area contributed by atoms with Crippen molar-refractivity contribution in [2.45, 2.75) is 13.5 Å². The standard InChI is InChI=1S/C15H15N3O3/c1-10-5-6-14(16)13(7-10)15(19)17-9-11-3-2-4-12(8-11)18(20)21/h2-8H,9,16H2,1H3,(H,17,19). The Morgan fingerprint density at radius 1 is 1.29 bits per heavy atom. The highest BCUT2D eigenvalue weighted by atomic mass is 16.6. The lowest BCUT2D eigenvalue weighted by atomic mass is 10.1. The van der Waals surface area contributed by atoms with Crippen molar-refractivity contribution in [1.82, 2.24) is 5.32 Å². The lowest BCUT2D eigenvalue weighted by Crippen LogP contribution is -2.23. The fourth-order valence-electron chi connectivity index (χ4n) is 1.92. The maximum Gasteiger partial charge on any atom is 0.269 e. The van der Waals surface area contributed by atoms with Crippen LogP contribution < -0.4 is 11.1 Å². The molecule has 0 unspecified atom stereocenters. The molecule has 0 aliphatic heterocycles. The minimum absolute atomic E-state index is 0.00295. The number of benzene rings is 2. The molecular weight excluding hydrogens is 270 g/mol. The number of nitrogen functional groups attached to an aromatic ring is 1. The van der Waals surface area contributed by atoms with E-state index < -0.39 is 4.92 Å². The topological polar surface area (TPSA) is 98.3 Å². The molecule has 2 aromatic rings. The zero-order chi connectivity index (χ0) is 15.4. The van der Waals surface area contributed by atoms with E-state index in [2.05, 4.69) is 5.32 Å². The summed E-state index contributed by atoms with van der Waals surface area (Å²) in [6.45, 7) is 2.07. The van der Waals surface area contributed by atoms with Crippen molar-refractivity contribution >= 4 is 17.3 Å². The average molecular weight is 285 g/mol. The second-order valence-electron chi connectivity index (χ2n) is 4.70. The Morgan fingerprint density at radius 2 is 2.05 bits per heavy atom. The minimum Gasteiger partial charge on any atom is -0.398 e. The van der Waals surface area contributed by atoms with Crippen LogP contribution in [0.1, 0.15) is 21.5 Å². The van der Waals surface area contributed by atoms with Gasteiger partial charge in [-0.05, 0) is 24.6 Å². The molecule has 2 rings (SSSR count). The van der Waals surface area contributed by atoms with Crippen LogP contribution in [0.4, 0.5) is 11.4 Å². The van der Waals surface area contributed by atoms with E-state index in [4.69, 9.17) is 5.73 Å². The van der Waals surface area contributed by atoms with E-state index in [0.717, 1.165) is 5.56 Å². The van der Waals surface area contributed by atoms with E-state index in [-0.39, 0.29) is 18.1 Å². The fourth-order valence-corrected chi connectivity index (χ4v) is 1.92. The Hall–Kier alpha value is -2.89. The number of anilines is 1. The van der Waals surface area contributed by atoms with Crippen LogP contribution >= 0.6 is 0 Å². The quantitative estimate of drug-likeness (QED) is 0.512. The van der Waals surface area contributed by atoms with Crippen LogP contribution in [-0.2, 0) is 6.54 Å². The van der Waals surface area contributed by atoms with Crippen LogP contribution in [0, 0.1) is 17.0 Å². The van der Waals surface area contributed by atoms with Crippen molar-refractivity contribution < 1.29 is 9.72 Å². The molecule has 0 atom stereocenters. The predicted octanol–water partition coefficient (Wildman–Crippen LogP) is 2.42. The number of nitro groups is 1. The summed E-state index contributed by atoms with van der Waals surface area (Å²) in [4.78, 5) is 22.3. The van der Waals surface area contributed by atoms with Gasteiger partial charge >= 0.3 is 0 Å². The van der Waals surface area contributed by atoms with Gasteiger partial charge in [-0.25, -0.2) is 0 Å². The van der Waals surface area contributed by atoms with Gasteiger partial charge in [0.1, 0.15) is 0 Å². The highest BCUT2D eigenvalue weighted by Gasteiger charge is 2.11. The molecule has 3 N–H and O–H groups in total. The van der Waals surface area contributed by atoms with Crippen LogP contribution in [-0.4, -0.2) is 10.8 Å². The predicted molar refractivity (Wildman–Crippen MR) is 79.9 cm³/mol. The number of amides is 1. The molecule has 1 amide bonds. The molecule has 0 saturated heterocycles. The molecule has 21 heavy (non-hydrogen) atoms. The third-order valence-corrected chi connectivity index (χ3v) is 3.03. The maximum atomic E-state index is 12.1. The summed E-state index contributed by atoms with van der Waals surface area (Å²) in [5, 5.41) is 13.4. The van der Waals surface area contributed by atoms with Gasteiger partial charge in [0, 0.05) is 24.4 Å². The van der Waals surface area contributed by atoms with Gasteiger partial charge in [-0.2, -0.15) is 0 Å². The van der Waals surface area contributed by atoms with Crippen molar-refractivity contribution in [2.24, 2.45) is 0 Å². The monoisotopic (exact) mass is 285 g/mol. The van der Waals surface area contributed by atoms with Gasteiger partial charge in [-0.15, -0.1) is 0 Å². The molecule has 108 valence electrons. The molecule has 0 aromatic heterocycles. The molecule has 0 spiro atoms. The summed E-state index contributed by atoms with van der Waals surface area (Å²) < 4.78 is 0. The summed E-state index contributed by atoms with van der Waals surface area (Å²) in [5.74, 6) is -0.303. The number of aryl methyl sites for hydroxylation is 1. The Bertz CT molecular complexity index is 698. The third kappa shape index (κ3) is 3.56. The Labute approximate surface area is 121 Å². The summed E-state index contributed by atoms with van der Waals surface area (Å²) >= 11 is 0. The first-order valence-electron chi connectivity index (χ1n) is 6.35. The lowest BCUT2D eigenvalue weighted by Gasteiger charge is -2.08. The number of non-ortho nitro benzene ring substituents is 1. The molecule has 0 aliphatic carbocycles. The molecular formula is C15H15N3O3. The van der Waals surface area contributed by atoms with Gasteiger partial charge in [0.05, 0.1) is 10.5 Å². The number of hydrogen-bond donors (Lipinski definition) is 2. The number of hydrogen-bond acceptors (Lipinski definition) is 4. The summed E-state index contributed by atoms with van der Waals surface area (Å²) in [7, 11) is 0. The first-order chi connectivity index (χ1) is 9.97. The molecule has 0 fully saturated rings. The van der Waals surface area contributed by atoms with E-state index in [0.29, 0.717) is 16.8 Å². The van der Waals surface area contributed by atoms with E-state index >= 15 is 0 Å². The maximum absolute atomic E-state index is 12.1. The van der Waals surface area contributed by atoms with E-state index in [1.54, 1.807) is 24.3 Å². The van der Waals surface area contributed by atoms with Crippen molar-refractivity contribution in [1.29, 1.82) is 0 Å². The van der Waals surface area contributed by atoms with Crippen molar-refractivity contribution in [2.75, 3.05) is 5.73 Å². The number of nitro benzene ring substituents is 1. The molecule has 2 aromatic carbocycles. The van der Waals surface area contributed by atoms with E-state index in [1.807, 2.05) is 13.0 Å². The highest BCUT2D eigenvalue weighted by Crippen LogP contribution is 2.15. The second-order valence-corrected chi connectivity index (χ2v) is 4.70. The molecule has 0 saturated carbocycles. The lowest BCUT2D eigenvalue weighted by molar-refractivity contribution is -0.384. The molecule has 0 radical (unpaired) electrons. The largest absolute Gasteiger partial charge is 0.398 e. The molecule has 6 nitrogen and oxygen atoms in total. The van der Waals surface area contributed by atoms with Gasteiger partial charge in [-0.3, -0.25) is 14.9 Å². The Kier molecular flexibility index (Phi) is 4.18. The molecule has 6 heteroatoms. The SMILES string of the molecule is Cc1ccc(N)c(C(=O)NCc2cccc([N+](=O)[O-])c2)c1. The van der Waals surface area contributed by atoms with Crippen LogP contribution in [0.15, 0.2) is 42.5 Å². The normalized spacial score (nSPS) is 10.1. The summed E-state index contributed by atoms with van der Waals surface area (Å²) in [5.41, 5.74) is 8.16. The number of carbonyl (C=O) groups excluding carboxylic acids is 1. The average Bonchev–Trinajstić information content (AvgIpc) is 2.47.